The molecule has 14 heavy (non-hydrogen) atoms. The summed E-state index contributed by atoms with van der Waals surface area (Å²) in [5.41, 5.74) is 5.91. The Morgan fingerprint density at radius 1 is 1.50 bits per heavy atom. The van der Waals surface area contributed by atoms with E-state index >= 15 is 0 Å². The number of para-hydroxylation sites is 1. The zero-order valence-corrected chi connectivity index (χ0v) is 7.99. The standard InChI is InChI=1S/C10H13NO3/c1-10(11,5-12)7-3-2-4-8-9(7)14-6-13-8/h2-4,12H,5-6,11H2,1H3. The molecule has 0 fully saturated rings. The first-order valence-corrected chi connectivity index (χ1v) is 4.44. The minimum absolute atomic E-state index is 0.132. The fraction of sp³-hybridized carbons (Fsp3) is 0.400. The Morgan fingerprint density at radius 3 is 3.00 bits per heavy atom. The van der Waals surface area contributed by atoms with Crippen LogP contribution in [0.3, 0.4) is 0 Å². The molecule has 0 bridgehead atoms. The zero-order valence-electron chi connectivity index (χ0n) is 7.99. The monoisotopic (exact) mass is 195 g/mol. The van der Waals surface area contributed by atoms with Gasteiger partial charge in [0.15, 0.2) is 11.5 Å². The van der Waals surface area contributed by atoms with Crippen LogP contribution in [-0.2, 0) is 5.54 Å². The van der Waals surface area contributed by atoms with E-state index in [9.17, 15) is 0 Å². The molecule has 1 atom stereocenters. The van der Waals surface area contributed by atoms with Crippen molar-refractivity contribution in [3.8, 4) is 11.5 Å². The highest BCUT2D eigenvalue weighted by Crippen LogP contribution is 2.39. The maximum atomic E-state index is 9.16. The molecule has 4 heteroatoms. The maximum absolute atomic E-state index is 9.16. The van der Waals surface area contributed by atoms with Crippen molar-refractivity contribution in [3.63, 3.8) is 0 Å². The van der Waals surface area contributed by atoms with E-state index in [1.165, 1.54) is 0 Å². The summed E-state index contributed by atoms with van der Waals surface area (Å²) < 4.78 is 10.5. The second-order valence-electron chi connectivity index (χ2n) is 3.61. The number of hydrogen-bond acceptors (Lipinski definition) is 4. The van der Waals surface area contributed by atoms with Crippen molar-refractivity contribution in [2.24, 2.45) is 5.73 Å². The van der Waals surface area contributed by atoms with Crippen molar-refractivity contribution in [2.75, 3.05) is 13.4 Å². The van der Waals surface area contributed by atoms with Gasteiger partial charge in [-0.3, -0.25) is 0 Å². The first-order chi connectivity index (χ1) is 6.65. The summed E-state index contributed by atoms with van der Waals surface area (Å²) in [6.45, 7) is 1.84. The van der Waals surface area contributed by atoms with Gasteiger partial charge in [0.05, 0.1) is 12.1 Å². The lowest BCUT2D eigenvalue weighted by Crippen LogP contribution is -2.37. The second-order valence-corrected chi connectivity index (χ2v) is 3.61. The molecule has 1 aliphatic heterocycles. The molecule has 1 unspecified atom stereocenters. The normalized spacial score (nSPS) is 17.9. The van der Waals surface area contributed by atoms with Gasteiger partial charge in [-0.2, -0.15) is 0 Å². The van der Waals surface area contributed by atoms with Gasteiger partial charge in [-0.15, -0.1) is 0 Å². The lowest BCUT2D eigenvalue weighted by molar-refractivity contribution is 0.168. The fourth-order valence-corrected chi connectivity index (χ4v) is 1.47. The Bertz CT molecular complexity index is 349. The summed E-state index contributed by atoms with van der Waals surface area (Å²) in [6.07, 6.45) is 0. The minimum atomic E-state index is -0.793. The van der Waals surface area contributed by atoms with Gasteiger partial charge in [-0.25, -0.2) is 0 Å². The van der Waals surface area contributed by atoms with Crippen LogP contribution in [0, 0.1) is 0 Å². The molecular formula is C10H13NO3. The van der Waals surface area contributed by atoms with Crippen LogP contribution in [0.2, 0.25) is 0 Å². The highest BCUT2D eigenvalue weighted by molar-refractivity contribution is 5.50. The average molecular weight is 195 g/mol. The van der Waals surface area contributed by atoms with Crippen LogP contribution in [0.1, 0.15) is 12.5 Å². The molecule has 3 N–H and O–H groups in total. The lowest BCUT2D eigenvalue weighted by atomic mass is 9.93. The van der Waals surface area contributed by atoms with Crippen LogP contribution in [-0.4, -0.2) is 18.5 Å². The summed E-state index contributed by atoms with van der Waals surface area (Å²) in [7, 11) is 0. The molecule has 0 aromatic heterocycles. The number of nitrogens with two attached hydrogens (primary N) is 1. The first-order valence-electron chi connectivity index (χ1n) is 4.44. The molecule has 1 aliphatic rings. The van der Waals surface area contributed by atoms with E-state index in [-0.39, 0.29) is 13.4 Å². The van der Waals surface area contributed by atoms with E-state index in [0.717, 1.165) is 5.56 Å². The van der Waals surface area contributed by atoms with Crippen LogP contribution >= 0.6 is 0 Å². The molecule has 0 amide bonds. The molecular weight excluding hydrogens is 182 g/mol. The number of fused-ring (bicyclic) bond motifs is 1. The summed E-state index contributed by atoms with van der Waals surface area (Å²) in [4.78, 5) is 0. The fourth-order valence-electron chi connectivity index (χ4n) is 1.47. The van der Waals surface area contributed by atoms with Crippen molar-refractivity contribution in [2.45, 2.75) is 12.5 Å². The first kappa shape index (κ1) is 9.30. The van der Waals surface area contributed by atoms with Crippen LogP contribution in [0.5, 0.6) is 11.5 Å². The van der Waals surface area contributed by atoms with Crippen LogP contribution in [0.15, 0.2) is 18.2 Å². The Balaban J connectivity index is 2.49. The molecule has 1 aromatic carbocycles. The third-order valence-corrected chi connectivity index (χ3v) is 2.34. The molecule has 76 valence electrons. The van der Waals surface area contributed by atoms with E-state index in [0.29, 0.717) is 11.5 Å². The SMILES string of the molecule is CC(N)(CO)c1cccc2c1OCO2. The second kappa shape index (κ2) is 3.15. The Labute approximate surface area is 82.2 Å². The third-order valence-electron chi connectivity index (χ3n) is 2.34. The molecule has 0 saturated heterocycles. The van der Waals surface area contributed by atoms with Gasteiger partial charge in [0.25, 0.3) is 0 Å². The van der Waals surface area contributed by atoms with Crippen LogP contribution < -0.4 is 15.2 Å². The number of aliphatic hydroxyl groups is 1. The average Bonchev–Trinajstić information content (AvgIpc) is 2.64. The largest absolute Gasteiger partial charge is 0.454 e. The molecule has 1 aromatic rings. The van der Waals surface area contributed by atoms with E-state index < -0.39 is 5.54 Å². The highest BCUT2D eigenvalue weighted by Gasteiger charge is 2.28. The van der Waals surface area contributed by atoms with Gasteiger partial charge in [0, 0.05) is 5.56 Å². The molecule has 0 saturated carbocycles. The van der Waals surface area contributed by atoms with Gasteiger partial charge < -0.3 is 20.3 Å². The lowest BCUT2D eigenvalue weighted by Gasteiger charge is -2.23. The van der Waals surface area contributed by atoms with Crippen molar-refractivity contribution >= 4 is 0 Å². The molecule has 1 heterocycles. The topological polar surface area (TPSA) is 64.7 Å². The van der Waals surface area contributed by atoms with Crippen molar-refractivity contribution < 1.29 is 14.6 Å². The van der Waals surface area contributed by atoms with Crippen LogP contribution in [0.25, 0.3) is 0 Å². The maximum Gasteiger partial charge on any atom is 0.231 e. The molecule has 0 spiro atoms. The number of hydrogen-bond donors (Lipinski definition) is 2. The molecule has 2 rings (SSSR count). The van der Waals surface area contributed by atoms with Crippen molar-refractivity contribution in [3.05, 3.63) is 23.8 Å². The summed E-state index contributed by atoms with van der Waals surface area (Å²) in [6, 6.07) is 5.49. The zero-order chi connectivity index (χ0) is 10.2. The van der Waals surface area contributed by atoms with Gasteiger partial charge in [-0.05, 0) is 13.0 Å². The van der Waals surface area contributed by atoms with E-state index in [1.807, 2.05) is 18.2 Å². The number of rotatable bonds is 2. The summed E-state index contributed by atoms with van der Waals surface area (Å²) in [5, 5.41) is 9.16. The van der Waals surface area contributed by atoms with Crippen molar-refractivity contribution in [1.82, 2.24) is 0 Å². The quantitative estimate of drug-likeness (QED) is 0.724. The van der Waals surface area contributed by atoms with Gasteiger partial charge in [-0.1, -0.05) is 12.1 Å². The predicted octanol–water partition coefficient (Wildman–Crippen LogP) is 0.581. The molecule has 4 nitrogen and oxygen atoms in total. The summed E-state index contributed by atoms with van der Waals surface area (Å²) >= 11 is 0. The van der Waals surface area contributed by atoms with Gasteiger partial charge in [0.2, 0.25) is 6.79 Å². The predicted molar refractivity (Wildman–Crippen MR) is 51.2 cm³/mol. The minimum Gasteiger partial charge on any atom is -0.454 e. The summed E-state index contributed by atoms with van der Waals surface area (Å²) in [5.74, 6) is 1.33. The Kier molecular flexibility index (Phi) is 2.09. The van der Waals surface area contributed by atoms with E-state index in [1.54, 1.807) is 6.92 Å². The molecule has 0 radical (unpaired) electrons. The Hall–Kier alpha value is -1.26. The Morgan fingerprint density at radius 2 is 2.29 bits per heavy atom. The van der Waals surface area contributed by atoms with Crippen LogP contribution in [0.4, 0.5) is 0 Å². The highest BCUT2D eigenvalue weighted by atomic mass is 16.7. The van der Waals surface area contributed by atoms with Gasteiger partial charge >= 0.3 is 0 Å². The smallest absolute Gasteiger partial charge is 0.231 e. The third kappa shape index (κ3) is 1.32. The van der Waals surface area contributed by atoms with Crippen molar-refractivity contribution in [1.29, 1.82) is 0 Å². The van der Waals surface area contributed by atoms with E-state index in [2.05, 4.69) is 0 Å². The number of ether oxygens (including phenoxy) is 2. The van der Waals surface area contributed by atoms with Gasteiger partial charge in [0.1, 0.15) is 0 Å². The number of aliphatic hydroxyl groups excluding tert-OH is 1. The van der Waals surface area contributed by atoms with E-state index in [4.69, 9.17) is 20.3 Å². The molecule has 0 aliphatic carbocycles. The number of benzene rings is 1.